The molecule has 1 aliphatic rings. The van der Waals surface area contributed by atoms with Gasteiger partial charge < -0.3 is 10.2 Å². The minimum atomic E-state index is -0.292. The van der Waals surface area contributed by atoms with E-state index in [2.05, 4.69) is 34.7 Å². The number of guanidine groups is 1. The second-order valence-electron chi connectivity index (χ2n) is 6.30. The van der Waals surface area contributed by atoms with Crippen molar-refractivity contribution in [2.24, 2.45) is 4.99 Å². The second kappa shape index (κ2) is 6.88. The number of benzene rings is 3. The maximum Gasteiger partial charge on any atom is 0.326 e. The fourth-order valence-electron chi connectivity index (χ4n) is 3.12. The summed E-state index contributed by atoms with van der Waals surface area (Å²) in [6, 6.07) is 21.7. The molecule has 0 bridgehead atoms. The maximum atomic E-state index is 12.5. The molecule has 3 aromatic rings. The first-order valence-electron chi connectivity index (χ1n) is 8.65. The van der Waals surface area contributed by atoms with Crippen LogP contribution < -0.4 is 15.5 Å². The van der Waals surface area contributed by atoms with Gasteiger partial charge in [-0.1, -0.05) is 54.1 Å². The molecule has 0 saturated heterocycles. The molecule has 2 N–H and O–H groups in total. The van der Waals surface area contributed by atoms with E-state index in [1.807, 2.05) is 59.5 Å². The zero-order chi connectivity index (χ0) is 17.9. The molecule has 5 heteroatoms. The molecular formula is C21H20N4O. The standard InChI is InChI=1S/C21H20N4O/c1-15-9-11-17(12-10-15)25-14-13-22-20(25)24-21(26)23-19-8-4-6-16-5-2-3-7-18(16)19/h2-12H,13-14H2,1H3,(H2,22,23,24,26). The van der Waals surface area contributed by atoms with Crippen LogP contribution in [-0.4, -0.2) is 25.1 Å². The normalized spacial score (nSPS) is 13.6. The topological polar surface area (TPSA) is 56.7 Å². The van der Waals surface area contributed by atoms with Gasteiger partial charge in [-0.05, 0) is 30.5 Å². The molecule has 1 heterocycles. The van der Waals surface area contributed by atoms with E-state index in [4.69, 9.17) is 0 Å². The summed E-state index contributed by atoms with van der Waals surface area (Å²) in [5.41, 5.74) is 3.01. The molecule has 0 saturated carbocycles. The Bertz CT molecular complexity index is 973. The Morgan fingerprint density at radius 1 is 0.962 bits per heavy atom. The van der Waals surface area contributed by atoms with Crippen LogP contribution in [0.2, 0.25) is 0 Å². The molecular weight excluding hydrogens is 324 g/mol. The molecule has 0 fully saturated rings. The largest absolute Gasteiger partial charge is 0.326 e. The number of urea groups is 1. The predicted molar refractivity (Wildman–Crippen MR) is 107 cm³/mol. The third-order valence-electron chi connectivity index (χ3n) is 4.45. The number of aryl methyl sites for hydroxylation is 1. The summed E-state index contributed by atoms with van der Waals surface area (Å²) in [6.07, 6.45) is 0. The van der Waals surface area contributed by atoms with E-state index in [1.165, 1.54) is 5.56 Å². The van der Waals surface area contributed by atoms with Crippen LogP contribution in [0.4, 0.5) is 16.2 Å². The number of amides is 2. The van der Waals surface area contributed by atoms with Crippen LogP contribution in [0.5, 0.6) is 0 Å². The third-order valence-corrected chi connectivity index (χ3v) is 4.45. The van der Waals surface area contributed by atoms with Crippen LogP contribution in [0.15, 0.2) is 71.7 Å². The van der Waals surface area contributed by atoms with Crippen LogP contribution in [0.3, 0.4) is 0 Å². The van der Waals surface area contributed by atoms with E-state index in [0.29, 0.717) is 12.5 Å². The molecule has 26 heavy (non-hydrogen) atoms. The minimum absolute atomic E-state index is 0.292. The van der Waals surface area contributed by atoms with E-state index >= 15 is 0 Å². The van der Waals surface area contributed by atoms with Gasteiger partial charge in [0, 0.05) is 17.6 Å². The Labute approximate surface area is 152 Å². The molecule has 4 rings (SSSR count). The molecule has 0 atom stereocenters. The van der Waals surface area contributed by atoms with Gasteiger partial charge in [0.25, 0.3) is 0 Å². The summed E-state index contributed by atoms with van der Waals surface area (Å²) in [5, 5.41) is 7.91. The highest BCUT2D eigenvalue weighted by molar-refractivity contribution is 6.11. The van der Waals surface area contributed by atoms with Crippen LogP contribution in [-0.2, 0) is 0 Å². The quantitative estimate of drug-likeness (QED) is 0.734. The van der Waals surface area contributed by atoms with E-state index in [0.717, 1.165) is 28.7 Å². The third kappa shape index (κ3) is 3.24. The molecule has 1 aliphatic heterocycles. The molecule has 130 valence electrons. The lowest BCUT2D eigenvalue weighted by Crippen LogP contribution is -2.43. The molecule has 0 radical (unpaired) electrons. The van der Waals surface area contributed by atoms with E-state index in [1.54, 1.807) is 0 Å². The fourth-order valence-corrected chi connectivity index (χ4v) is 3.12. The summed E-state index contributed by atoms with van der Waals surface area (Å²) in [7, 11) is 0. The van der Waals surface area contributed by atoms with Gasteiger partial charge in [-0.3, -0.25) is 10.3 Å². The van der Waals surface area contributed by atoms with Crippen molar-refractivity contribution in [1.29, 1.82) is 0 Å². The first-order valence-corrected chi connectivity index (χ1v) is 8.65. The Balaban J connectivity index is 1.50. The average molecular weight is 344 g/mol. The second-order valence-corrected chi connectivity index (χ2v) is 6.30. The number of rotatable bonds is 2. The molecule has 0 aliphatic carbocycles. The summed E-state index contributed by atoms with van der Waals surface area (Å²) < 4.78 is 0. The predicted octanol–water partition coefficient (Wildman–Crippen LogP) is 4.15. The van der Waals surface area contributed by atoms with Gasteiger partial charge in [0.05, 0.1) is 12.2 Å². The van der Waals surface area contributed by atoms with Crippen LogP contribution >= 0.6 is 0 Å². The van der Waals surface area contributed by atoms with Crippen LogP contribution in [0, 0.1) is 6.92 Å². The van der Waals surface area contributed by atoms with Gasteiger partial charge in [0.15, 0.2) is 0 Å². The molecule has 0 spiro atoms. The van der Waals surface area contributed by atoms with E-state index in [-0.39, 0.29) is 6.03 Å². The van der Waals surface area contributed by atoms with E-state index < -0.39 is 0 Å². The molecule has 0 unspecified atom stereocenters. The smallest absolute Gasteiger partial charge is 0.310 e. The number of aliphatic imine (C=N–C) groups is 1. The van der Waals surface area contributed by atoms with Crippen molar-refractivity contribution in [3.8, 4) is 0 Å². The first-order chi connectivity index (χ1) is 12.7. The summed E-state index contributed by atoms with van der Waals surface area (Å²) in [5.74, 6) is 0.576. The number of nitrogens with one attached hydrogen (secondary N) is 2. The number of hydrogen-bond acceptors (Lipinski definition) is 3. The Kier molecular flexibility index (Phi) is 4.27. The zero-order valence-electron chi connectivity index (χ0n) is 14.6. The highest BCUT2D eigenvalue weighted by Gasteiger charge is 2.20. The number of anilines is 2. The summed E-state index contributed by atoms with van der Waals surface area (Å²) in [6.45, 7) is 3.48. The maximum absolute atomic E-state index is 12.5. The Morgan fingerprint density at radius 3 is 2.58 bits per heavy atom. The number of carbonyl (C=O) groups is 1. The molecule has 0 aromatic heterocycles. The van der Waals surface area contributed by atoms with Crippen molar-refractivity contribution in [3.63, 3.8) is 0 Å². The van der Waals surface area contributed by atoms with Crippen molar-refractivity contribution in [2.75, 3.05) is 23.3 Å². The average Bonchev–Trinajstić information content (AvgIpc) is 3.10. The molecule has 5 nitrogen and oxygen atoms in total. The minimum Gasteiger partial charge on any atom is -0.310 e. The Morgan fingerprint density at radius 2 is 1.73 bits per heavy atom. The van der Waals surface area contributed by atoms with Crippen molar-refractivity contribution in [3.05, 3.63) is 72.3 Å². The number of hydrogen-bond donors (Lipinski definition) is 2. The SMILES string of the molecule is Cc1ccc(N2CCN=C2NC(=O)Nc2cccc3ccccc23)cc1. The number of carbonyl (C=O) groups excluding carboxylic acids is 1. The van der Waals surface area contributed by atoms with Crippen molar-refractivity contribution < 1.29 is 4.79 Å². The van der Waals surface area contributed by atoms with Gasteiger partial charge in [0.1, 0.15) is 0 Å². The van der Waals surface area contributed by atoms with Crippen LogP contribution in [0.25, 0.3) is 10.8 Å². The van der Waals surface area contributed by atoms with Gasteiger partial charge in [0.2, 0.25) is 5.96 Å². The van der Waals surface area contributed by atoms with Crippen molar-refractivity contribution in [1.82, 2.24) is 5.32 Å². The fraction of sp³-hybridized carbons (Fsp3) is 0.143. The highest BCUT2D eigenvalue weighted by Crippen LogP contribution is 2.23. The zero-order valence-corrected chi connectivity index (χ0v) is 14.6. The monoisotopic (exact) mass is 344 g/mol. The van der Waals surface area contributed by atoms with Gasteiger partial charge in [-0.2, -0.15) is 0 Å². The van der Waals surface area contributed by atoms with Gasteiger partial charge in [-0.15, -0.1) is 0 Å². The number of nitrogens with zero attached hydrogens (tertiary/aromatic N) is 2. The lowest BCUT2D eigenvalue weighted by Gasteiger charge is -2.21. The molecule has 2 amide bonds. The first kappa shape index (κ1) is 16.1. The summed E-state index contributed by atoms with van der Waals surface area (Å²) >= 11 is 0. The number of fused-ring (bicyclic) bond motifs is 1. The van der Waals surface area contributed by atoms with Crippen LogP contribution in [0.1, 0.15) is 5.56 Å². The highest BCUT2D eigenvalue weighted by atomic mass is 16.2. The Hall–Kier alpha value is -3.34. The molecule has 3 aromatic carbocycles. The lowest BCUT2D eigenvalue weighted by molar-refractivity contribution is 0.256. The van der Waals surface area contributed by atoms with E-state index in [9.17, 15) is 4.79 Å². The summed E-state index contributed by atoms with van der Waals surface area (Å²) in [4.78, 5) is 19.0. The van der Waals surface area contributed by atoms with Crippen molar-refractivity contribution in [2.45, 2.75) is 6.92 Å². The van der Waals surface area contributed by atoms with Gasteiger partial charge in [-0.25, -0.2) is 4.79 Å². The van der Waals surface area contributed by atoms with Gasteiger partial charge >= 0.3 is 6.03 Å². The van der Waals surface area contributed by atoms with Crippen molar-refractivity contribution >= 4 is 34.1 Å². The lowest BCUT2D eigenvalue weighted by atomic mass is 10.1.